The maximum absolute atomic E-state index is 5.49. The molecule has 2 rings (SSSR count). The van der Waals surface area contributed by atoms with Gasteiger partial charge in [0.2, 0.25) is 0 Å². The van der Waals surface area contributed by atoms with Crippen molar-refractivity contribution < 1.29 is 4.42 Å². The second-order valence-corrected chi connectivity index (χ2v) is 3.99. The number of fused-ring (bicyclic) bond motifs is 1. The SMILES string of the molecule is CNC(C)CCc1coc2ccccc12. The van der Waals surface area contributed by atoms with Crippen LogP contribution in [0.4, 0.5) is 0 Å². The van der Waals surface area contributed by atoms with E-state index in [1.54, 1.807) is 0 Å². The molecular weight excluding hydrogens is 186 g/mol. The molecule has 1 aromatic carbocycles. The number of aryl methyl sites for hydroxylation is 1. The van der Waals surface area contributed by atoms with E-state index >= 15 is 0 Å². The normalized spacial score (nSPS) is 13.2. The van der Waals surface area contributed by atoms with E-state index in [0.717, 1.165) is 18.4 Å². The fourth-order valence-electron chi connectivity index (χ4n) is 1.74. The van der Waals surface area contributed by atoms with Crippen molar-refractivity contribution in [2.45, 2.75) is 25.8 Å². The standard InChI is InChI=1S/C13H17NO/c1-10(14-2)7-8-11-9-15-13-6-4-3-5-12(11)13/h3-6,9-10,14H,7-8H2,1-2H3. The summed E-state index contributed by atoms with van der Waals surface area (Å²) in [4.78, 5) is 0. The minimum absolute atomic E-state index is 0.554. The lowest BCUT2D eigenvalue weighted by atomic mass is 10.1. The maximum Gasteiger partial charge on any atom is 0.134 e. The smallest absolute Gasteiger partial charge is 0.134 e. The van der Waals surface area contributed by atoms with Crippen molar-refractivity contribution in [3.8, 4) is 0 Å². The third kappa shape index (κ3) is 2.21. The summed E-state index contributed by atoms with van der Waals surface area (Å²) in [7, 11) is 2.00. The molecule has 1 unspecified atom stereocenters. The molecule has 0 fully saturated rings. The van der Waals surface area contributed by atoms with Gasteiger partial charge in [0.05, 0.1) is 6.26 Å². The van der Waals surface area contributed by atoms with Crippen LogP contribution in [0.2, 0.25) is 0 Å². The van der Waals surface area contributed by atoms with Crippen LogP contribution in [-0.4, -0.2) is 13.1 Å². The zero-order valence-corrected chi connectivity index (χ0v) is 9.29. The van der Waals surface area contributed by atoms with Gasteiger partial charge in [-0.05, 0) is 38.4 Å². The summed E-state index contributed by atoms with van der Waals surface area (Å²) in [5, 5.41) is 4.50. The fraction of sp³-hybridized carbons (Fsp3) is 0.385. The molecular formula is C13H17NO. The van der Waals surface area contributed by atoms with Crippen LogP contribution in [0.25, 0.3) is 11.0 Å². The predicted molar refractivity (Wildman–Crippen MR) is 63.1 cm³/mol. The zero-order chi connectivity index (χ0) is 10.7. The third-order valence-corrected chi connectivity index (χ3v) is 2.90. The van der Waals surface area contributed by atoms with Gasteiger partial charge in [-0.25, -0.2) is 0 Å². The maximum atomic E-state index is 5.49. The lowest BCUT2D eigenvalue weighted by Gasteiger charge is -2.08. The predicted octanol–water partition coefficient (Wildman–Crippen LogP) is 2.97. The Balaban J connectivity index is 2.14. The van der Waals surface area contributed by atoms with Crippen LogP contribution in [0.1, 0.15) is 18.9 Å². The lowest BCUT2D eigenvalue weighted by molar-refractivity contribution is 0.559. The first kappa shape index (κ1) is 10.2. The van der Waals surface area contributed by atoms with Crippen LogP contribution in [0.5, 0.6) is 0 Å². The van der Waals surface area contributed by atoms with E-state index in [4.69, 9.17) is 4.42 Å². The average molecular weight is 203 g/mol. The Bertz CT molecular complexity index is 433. The zero-order valence-electron chi connectivity index (χ0n) is 9.29. The summed E-state index contributed by atoms with van der Waals surface area (Å²) in [5.74, 6) is 0. The van der Waals surface area contributed by atoms with E-state index in [-0.39, 0.29) is 0 Å². The number of rotatable bonds is 4. The van der Waals surface area contributed by atoms with E-state index in [0.29, 0.717) is 6.04 Å². The largest absolute Gasteiger partial charge is 0.464 e. The molecule has 0 saturated carbocycles. The number of hydrogen-bond donors (Lipinski definition) is 1. The summed E-state index contributed by atoms with van der Waals surface area (Å²) in [6.07, 6.45) is 4.09. The summed E-state index contributed by atoms with van der Waals surface area (Å²) in [6.45, 7) is 2.20. The minimum atomic E-state index is 0.554. The number of para-hydroxylation sites is 1. The van der Waals surface area contributed by atoms with Gasteiger partial charge in [0.1, 0.15) is 5.58 Å². The molecule has 0 spiro atoms. The van der Waals surface area contributed by atoms with Gasteiger partial charge >= 0.3 is 0 Å². The monoisotopic (exact) mass is 203 g/mol. The lowest BCUT2D eigenvalue weighted by Crippen LogP contribution is -2.21. The molecule has 0 aliphatic carbocycles. The Hall–Kier alpha value is -1.28. The van der Waals surface area contributed by atoms with Gasteiger partial charge in [-0.3, -0.25) is 0 Å². The first-order chi connectivity index (χ1) is 7.31. The Labute approximate surface area is 90.3 Å². The molecule has 0 amide bonds. The summed E-state index contributed by atoms with van der Waals surface area (Å²) >= 11 is 0. The van der Waals surface area contributed by atoms with Gasteiger partial charge in [0.15, 0.2) is 0 Å². The van der Waals surface area contributed by atoms with Crippen LogP contribution in [0.3, 0.4) is 0 Å². The van der Waals surface area contributed by atoms with E-state index < -0.39 is 0 Å². The number of hydrogen-bond acceptors (Lipinski definition) is 2. The molecule has 1 aromatic heterocycles. The van der Waals surface area contributed by atoms with Crippen LogP contribution >= 0.6 is 0 Å². The van der Waals surface area contributed by atoms with Gasteiger partial charge in [0, 0.05) is 11.4 Å². The molecule has 1 N–H and O–H groups in total. The van der Waals surface area contributed by atoms with Gasteiger partial charge in [-0.15, -0.1) is 0 Å². The van der Waals surface area contributed by atoms with Crippen molar-refractivity contribution >= 4 is 11.0 Å². The first-order valence-electron chi connectivity index (χ1n) is 5.43. The Morgan fingerprint density at radius 2 is 2.13 bits per heavy atom. The van der Waals surface area contributed by atoms with Crippen molar-refractivity contribution in [1.82, 2.24) is 5.32 Å². The molecule has 0 radical (unpaired) electrons. The van der Waals surface area contributed by atoms with E-state index in [9.17, 15) is 0 Å². The van der Waals surface area contributed by atoms with Crippen molar-refractivity contribution in [3.63, 3.8) is 0 Å². The van der Waals surface area contributed by atoms with Crippen molar-refractivity contribution in [2.24, 2.45) is 0 Å². The highest BCUT2D eigenvalue weighted by Crippen LogP contribution is 2.22. The van der Waals surface area contributed by atoms with Crippen LogP contribution in [0.15, 0.2) is 34.9 Å². The van der Waals surface area contributed by atoms with Crippen molar-refractivity contribution in [2.75, 3.05) is 7.05 Å². The van der Waals surface area contributed by atoms with Crippen LogP contribution in [0, 0.1) is 0 Å². The molecule has 1 heterocycles. The summed E-state index contributed by atoms with van der Waals surface area (Å²) in [6, 6.07) is 8.76. The molecule has 0 bridgehead atoms. The number of benzene rings is 1. The summed E-state index contributed by atoms with van der Waals surface area (Å²) < 4.78 is 5.49. The highest BCUT2D eigenvalue weighted by molar-refractivity contribution is 5.80. The molecule has 2 heteroatoms. The van der Waals surface area contributed by atoms with E-state index in [1.165, 1.54) is 10.9 Å². The molecule has 1 atom stereocenters. The second-order valence-electron chi connectivity index (χ2n) is 3.99. The molecule has 2 aromatic rings. The van der Waals surface area contributed by atoms with E-state index in [2.05, 4.69) is 24.4 Å². The topological polar surface area (TPSA) is 25.2 Å². The highest BCUT2D eigenvalue weighted by atomic mass is 16.3. The number of nitrogens with one attached hydrogen (secondary N) is 1. The van der Waals surface area contributed by atoms with Crippen molar-refractivity contribution in [3.05, 3.63) is 36.1 Å². The fourth-order valence-corrected chi connectivity index (χ4v) is 1.74. The van der Waals surface area contributed by atoms with Crippen LogP contribution in [-0.2, 0) is 6.42 Å². The third-order valence-electron chi connectivity index (χ3n) is 2.90. The molecule has 0 aliphatic rings. The second kappa shape index (κ2) is 4.49. The molecule has 80 valence electrons. The minimum Gasteiger partial charge on any atom is -0.464 e. The number of furan rings is 1. The average Bonchev–Trinajstić information content (AvgIpc) is 2.69. The summed E-state index contributed by atoms with van der Waals surface area (Å²) in [5.41, 5.74) is 2.30. The quantitative estimate of drug-likeness (QED) is 0.826. The molecule has 0 aliphatic heterocycles. The van der Waals surface area contributed by atoms with Gasteiger partial charge in [-0.1, -0.05) is 18.2 Å². The van der Waals surface area contributed by atoms with Gasteiger partial charge in [0.25, 0.3) is 0 Å². The first-order valence-corrected chi connectivity index (χ1v) is 5.43. The highest BCUT2D eigenvalue weighted by Gasteiger charge is 2.06. The molecule has 15 heavy (non-hydrogen) atoms. The van der Waals surface area contributed by atoms with Crippen LogP contribution < -0.4 is 5.32 Å². The molecule has 2 nitrogen and oxygen atoms in total. The Morgan fingerprint density at radius 3 is 2.93 bits per heavy atom. The molecule has 0 saturated heterocycles. The Morgan fingerprint density at radius 1 is 1.33 bits per heavy atom. The van der Waals surface area contributed by atoms with Gasteiger partial charge in [-0.2, -0.15) is 0 Å². The Kier molecular flexibility index (Phi) is 3.07. The van der Waals surface area contributed by atoms with E-state index in [1.807, 2.05) is 25.4 Å². The van der Waals surface area contributed by atoms with Crippen molar-refractivity contribution in [1.29, 1.82) is 0 Å². The van der Waals surface area contributed by atoms with Gasteiger partial charge < -0.3 is 9.73 Å².